The van der Waals surface area contributed by atoms with Crippen LogP contribution in [0.2, 0.25) is 0 Å². The molecule has 1 atom stereocenters. The second-order valence-corrected chi connectivity index (χ2v) is 9.25. The first-order valence-electron chi connectivity index (χ1n) is 11.2. The molecule has 8 nitrogen and oxygen atoms in total. The van der Waals surface area contributed by atoms with E-state index in [2.05, 4.69) is 9.97 Å². The van der Waals surface area contributed by atoms with Gasteiger partial charge in [0.05, 0.1) is 23.1 Å². The van der Waals surface area contributed by atoms with Crippen LogP contribution in [0.25, 0.3) is 0 Å². The second kappa shape index (κ2) is 9.17. The zero-order chi connectivity index (χ0) is 25.4. The number of carbonyl (C=O) groups excluding carboxylic acids is 2. The van der Waals surface area contributed by atoms with Gasteiger partial charge in [0.15, 0.2) is 0 Å². The quantitative estimate of drug-likeness (QED) is 0.663. The molecule has 2 aliphatic heterocycles. The molecule has 2 fully saturated rings. The SMILES string of the molecule is CN(C)C(=O)C1CN(C(=O)c2ccncn2)CC12CCN(c1ccc(C#N)c(C(F)(F)F)c1)CC2. The first-order chi connectivity index (χ1) is 16.6. The molecule has 0 saturated carbocycles. The van der Waals surface area contributed by atoms with Gasteiger partial charge in [0, 0.05) is 57.6 Å². The van der Waals surface area contributed by atoms with Crippen molar-refractivity contribution in [3.8, 4) is 6.07 Å². The molecule has 2 aromatic rings. The van der Waals surface area contributed by atoms with Gasteiger partial charge in [-0.05, 0) is 37.1 Å². The lowest BCUT2D eigenvalue weighted by atomic mass is 9.70. The highest BCUT2D eigenvalue weighted by Gasteiger charge is 2.53. The zero-order valence-electron chi connectivity index (χ0n) is 19.4. The minimum absolute atomic E-state index is 0.0748. The lowest BCUT2D eigenvalue weighted by Crippen LogP contribution is -2.48. The van der Waals surface area contributed by atoms with Crippen LogP contribution in [0, 0.1) is 22.7 Å². The topological polar surface area (TPSA) is 93.4 Å². The summed E-state index contributed by atoms with van der Waals surface area (Å²) in [6, 6.07) is 6.86. The minimum Gasteiger partial charge on any atom is -0.371 e. The van der Waals surface area contributed by atoms with Crippen LogP contribution in [-0.2, 0) is 11.0 Å². The molecule has 11 heteroatoms. The third-order valence-corrected chi connectivity index (χ3v) is 7.03. The van der Waals surface area contributed by atoms with E-state index in [0.29, 0.717) is 38.2 Å². The van der Waals surface area contributed by atoms with Gasteiger partial charge in [-0.3, -0.25) is 9.59 Å². The zero-order valence-corrected chi connectivity index (χ0v) is 19.4. The highest BCUT2D eigenvalue weighted by atomic mass is 19.4. The maximum Gasteiger partial charge on any atom is 0.417 e. The molecule has 2 aliphatic rings. The number of aromatic nitrogens is 2. The van der Waals surface area contributed by atoms with Crippen molar-refractivity contribution in [2.24, 2.45) is 11.3 Å². The van der Waals surface area contributed by atoms with E-state index in [9.17, 15) is 22.8 Å². The summed E-state index contributed by atoms with van der Waals surface area (Å²) in [5.41, 5.74) is -1.22. The van der Waals surface area contributed by atoms with E-state index in [4.69, 9.17) is 5.26 Å². The average Bonchev–Trinajstić information content (AvgIpc) is 3.21. The molecule has 1 spiro atoms. The number of rotatable bonds is 3. The fourth-order valence-corrected chi connectivity index (χ4v) is 5.13. The Morgan fingerprint density at radius 1 is 1.20 bits per heavy atom. The maximum atomic E-state index is 13.4. The van der Waals surface area contributed by atoms with Gasteiger partial charge in [-0.2, -0.15) is 18.4 Å². The molecular formula is C24H25F3N6O2. The van der Waals surface area contributed by atoms with Crippen LogP contribution in [0.4, 0.5) is 18.9 Å². The van der Waals surface area contributed by atoms with Crippen LogP contribution < -0.4 is 4.90 Å². The predicted octanol–water partition coefficient (Wildman–Crippen LogP) is 2.81. The summed E-state index contributed by atoms with van der Waals surface area (Å²) >= 11 is 0. The smallest absolute Gasteiger partial charge is 0.371 e. The fraction of sp³-hybridized carbons (Fsp3) is 0.458. The Labute approximate surface area is 201 Å². The van der Waals surface area contributed by atoms with Crippen molar-refractivity contribution in [3.05, 3.63) is 53.6 Å². The molecule has 3 heterocycles. The van der Waals surface area contributed by atoms with Gasteiger partial charge >= 0.3 is 6.18 Å². The van der Waals surface area contributed by atoms with Gasteiger partial charge in [0.2, 0.25) is 5.91 Å². The third-order valence-electron chi connectivity index (χ3n) is 7.03. The first kappa shape index (κ1) is 24.4. The molecule has 0 N–H and O–H groups in total. The molecule has 2 amide bonds. The Morgan fingerprint density at radius 3 is 2.49 bits per heavy atom. The minimum atomic E-state index is -4.63. The Kier molecular flexibility index (Phi) is 6.40. The highest BCUT2D eigenvalue weighted by molar-refractivity contribution is 5.93. The number of hydrogen-bond acceptors (Lipinski definition) is 6. The number of likely N-dealkylation sites (tertiary alicyclic amines) is 1. The van der Waals surface area contributed by atoms with E-state index in [1.165, 1.54) is 35.6 Å². The summed E-state index contributed by atoms with van der Waals surface area (Å²) in [6.07, 6.45) is -0.778. The Morgan fingerprint density at radius 2 is 1.91 bits per heavy atom. The van der Waals surface area contributed by atoms with Crippen LogP contribution in [0.15, 0.2) is 36.8 Å². The van der Waals surface area contributed by atoms with E-state index in [0.717, 1.165) is 6.07 Å². The lowest BCUT2D eigenvalue weighted by Gasteiger charge is -2.43. The molecule has 184 valence electrons. The normalized spacial score (nSPS) is 19.5. The molecular weight excluding hydrogens is 461 g/mol. The third kappa shape index (κ3) is 4.65. The number of benzene rings is 1. The van der Waals surface area contributed by atoms with Crippen LogP contribution in [0.1, 0.15) is 34.5 Å². The summed E-state index contributed by atoms with van der Waals surface area (Å²) in [7, 11) is 3.35. The van der Waals surface area contributed by atoms with Crippen molar-refractivity contribution >= 4 is 17.5 Å². The summed E-state index contributed by atoms with van der Waals surface area (Å²) in [5.74, 6) is -0.767. The highest BCUT2D eigenvalue weighted by Crippen LogP contribution is 2.46. The molecule has 2 saturated heterocycles. The molecule has 1 unspecified atom stereocenters. The second-order valence-electron chi connectivity index (χ2n) is 9.25. The molecule has 4 rings (SSSR count). The van der Waals surface area contributed by atoms with Gasteiger partial charge < -0.3 is 14.7 Å². The van der Waals surface area contributed by atoms with Crippen molar-refractivity contribution in [1.29, 1.82) is 5.26 Å². The van der Waals surface area contributed by atoms with E-state index < -0.39 is 28.6 Å². The summed E-state index contributed by atoms with van der Waals surface area (Å²) in [6.45, 7) is 1.48. The Hall–Kier alpha value is -3.68. The molecule has 1 aromatic carbocycles. The number of anilines is 1. The van der Waals surface area contributed by atoms with Gasteiger partial charge in [-0.25, -0.2) is 9.97 Å². The predicted molar refractivity (Wildman–Crippen MR) is 120 cm³/mol. The Bertz CT molecular complexity index is 1150. The van der Waals surface area contributed by atoms with Crippen LogP contribution >= 0.6 is 0 Å². The van der Waals surface area contributed by atoms with Gasteiger partial charge in [0.25, 0.3) is 5.91 Å². The number of nitrogens with zero attached hydrogens (tertiary/aromatic N) is 6. The number of carbonyl (C=O) groups is 2. The number of nitriles is 1. The fourth-order valence-electron chi connectivity index (χ4n) is 5.13. The Balaban J connectivity index is 1.57. The lowest BCUT2D eigenvalue weighted by molar-refractivity contribution is -0.138. The van der Waals surface area contributed by atoms with Crippen LogP contribution in [0.3, 0.4) is 0 Å². The van der Waals surface area contributed by atoms with E-state index in [1.807, 2.05) is 4.90 Å². The molecule has 35 heavy (non-hydrogen) atoms. The van der Waals surface area contributed by atoms with Crippen LogP contribution in [-0.4, -0.2) is 71.9 Å². The van der Waals surface area contributed by atoms with Gasteiger partial charge in [-0.1, -0.05) is 0 Å². The van der Waals surface area contributed by atoms with Gasteiger partial charge in [-0.15, -0.1) is 0 Å². The van der Waals surface area contributed by atoms with Crippen molar-refractivity contribution in [3.63, 3.8) is 0 Å². The molecule has 0 radical (unpaired) electrons. The molecule has 0 aliphatic carbocycles. The molecule has 1 aromatic heterocycles. The van der Waals surface area contributed by atoms with Crippen LogP contribution in [0.5, 0.6) is 0 Å². The summed E-state index contributed by atoms with van der Waals surface area (Å²) < 4.78 is 40.3. The van der Waals surface area contributed by atoms with E-state index in [1.54, 1.807) is 25.1 Å². The van der Waals surface area contributed by atoms with E-state index in [-0.39, 0.29) is 24.1 Å². The number of amides is 2. The number of alkyl halides is 3. The monoisotopic (exact) mass is 486 g/mol. The van der Waals surface area contributed by atoms with E-state index >= 15 is 0 Å². The summed E-state index contributed by atoms with van der Waals surface area (Å²) in [5, 5.41) is 9.06. The van der Waals surface area contributed by atoms with Crippen molar-refractivity contribution in [2.45, 2.75) is 19.0 Å². The average molecular weight is 486 g/mol. The van der Waals surface area contributed by atoms with Crippen molar-refractivity contribution in [1.82, 2.24) is 19.8 Å². The number of piperidine rings is 1. The van der Waals surface area contributed by atoms with Crippen molar-refractivity contribution < 1.29 is 22.8 Å². The van der Waals surface area contributed by atoms with Gasteiger partial charge in [0.1, 0.15) is 12.0 Å². The maximum absolute atomic E-state index is 13.4. The first-order valence-corrected chi connectivity index (χ1v) is 11.2. The number of hydrogen-bond donors (Lipinski definition) is 0. The molecule has 0 bridgehead atoms. The summed E-state index contributed by atoms with van der Waals surface area (Å²) in [4.78, 5) is 39.0. The number of halogens is 3. The van der Waals surface area contributed by atoms with Crippen molar-refractivity contribution in [2.75, 3.05) is 45.2 Å². The largest absolute Gasteiger partial charge is 0.417 e. The standard InChI is InChI=1S/C24H25F3N6O2/c1-31(2)21(34)19-13-33(22(35)20-5-8-29-15-30-20)14-23(19)6-9-32(10-7-23)17-4-3-16(12-28)18(11-17)24(25,26)27/h3-5,8,11,15,19H,6-7,9-10,13-14H2,1-2H3.